The van der Waals surface area contributed by atoms with Gasteiger partial charge in [0, 0.05) is 155 Å². The van der Waals surface area contributed by atoms with Crippen LogP contribution < -0.4 is 116 Å². The molecule has 0 aliphatic rings. The Hall–Kier alpha value is -16.2. The number of para-hydroxylation sites is 1. The molecule has 0 fully saturated rings. The van der Waals surface area contributed by atoms with E-state index in [9.17, 15) is 125 Å². The lowest BCUT2D eigenvalue weighted by molar-refractivity contribution is -0.141. The maximum atomic E-state index is 14.8. The van der Waals surface area contributed by atoms with E-state index in [1.165, 1.54) is 79.7 Å². The highest BCUT2D eigenvalue weighted by atomic mass is 16.2. The van der Waals surface area contributed by atoms with Crippen LogP contribution in [0.1, 0.15) is 72.1 Å². The molecule has 53 heteroatoms. The quantitative estimate of drug-likeness (QED) is 0.0158. The molecule has 0 bridgehead atoms. The fourth-order valence-corrected chi connectivity index (χ4v) is 12.9. The van der Waals surface area contributed by atoms with Crippen LogP contribution in [0.3, 0.4) is 0 Å². The minimum Gasteiger partial charge on any atom is -0.368 e. The summed E-state index contributed by atoms with van der Waals surface area (Å²) in [6.45, 7) is -3.02. The summed E-state index contributed by atoms with van der Waals surface area (Å²) in [6, 6.07) is 2.87. The van der Waals surface area contributed by atoms with Gasteiger partial charge in [-0.2, -0.15) is 0 Å². The van der Waals surface area contributed by atoms with E-state index in [1.807, 2.05) is 0 Å². The summed E-state index contributed by atoms with van der Waals surface area (Å²) in [6.07, 6.45) is 7.44. The number of hydrogen-bond acceptors (Lipinski definition) is 27. The van der Waals surface area contributed by atoms with Gasteiger partial charge in [-0.1, -0.05) is 18.2 Å². The molecule has 14 amide bonds. The first-order valence-electron chi connectivity index (χ1n) is 41.3. The Morgan fingerprint density at radius 1 is 0.368 bits per heavy atom. The number of hydrogen-bond donors (Lipinski definition) is 15. The Kier molecular flexibility index (Phi) is 38.2. The third-order valence-electron chi connectivity index (χ3n) is 20.4. The fraction of sp³-hybridized carbons (Fsp3) is 0.450. The number of aromatic nitrogens is 12. The number of rotatable bonds is 48. The lowest BCUT2D eigenvalue weighted by Gasteiger charge is -2.30. The zero-order valence-corrected chi connectivity index (χ0v) is 73.9. The second-order valence-electron chi connectivity index (χ2n) is 30.8. The largest absolute Gasteiger partial charge is 0.368 e. The van der Waals surface area contributed by atoms with Crippen LogP contribution in [0.4, 0.5) is 5.69 Å². The first kappa shape index (κ1) is 104. The van der Waals surface area contributed by atoms with Gasteiger partial charge in [0.25, 0.3) is 33.4 Å². The van der Waals surface area contributed by atoms with Crippen molar-refractivity contribution in [1.82, 2.24) is 119 Å². The van der Waals surface area contributed by atoms with Crippen molar-refractivity contribution in [3.05, 3.63) is 225 Å². The number of aromatic amines is 6. The molecule has 6 aromatic heterocycles. The maximum Gasteiger partial charge on any atom is 0.328 e. The summed E-state index contributed by atoms with van der Waals surface area (Å²) in [7, 11) is 0. The van der Waals surface area contributed by atoms with Crippen molar-refractivity contribution in [2.75, 3.05) is 110 Å². The lowest BCUT2D eigenvalue weighted by Crippen LogP contribution is -2.52. The number of carbonyl (C=O) groups is 14. The fourth-order valence-electron chi connectivity index (χ4n) is 12.9. The van der Waals surface area contributed by atoms with Gasteiger partial charge in [-0.25, -0.2) is 28.8 Å². The van der Waals surface area contributed by atoms with Crippen molar-refractivity contribution in [1.29, 1.82) is 0 Å². The van der Waals surface area contributed by atoms with Gasteiger partial charge in [0.2, 0.25) is 82.7 Å². The van der Waals surface area contributed by atoms with Gasteiger partial charge >= 0.3 is 34.1 Å². The lowest BCUT2D eigenvalue weighted by atomic mass is 10.1. The highest BCUT2D eigenvalue weighted by Gasteiger charge is 2.32. The smallest absolute Gasteiger partial charge is 0.328 e. The van der Waals surface area contributed by atoms with E-state index < -0.39 is 293 Å². The number of H-pyrrole nitrogens is 6. The molecule has 1 aromatic carbocycles. The van der Waals surface area contributed by atoms with Crippen molar-refractivity contribution in [2.24, 2.45) is 11.5 Å². The molecule has 0 aliphatic carbocycles. The van der Waals surface area contributed by atoms with Crippen molar-refractivity contribution in [2.45, 2.75) is 133 Å². The molecule has 0 saturated heterocycles. The molecule has 0 saturated carbocycles. The third-order valence-corrected chi connectivity index (χ3v) is 20.4. The van der Waals surface area contributed by atoms with E-state index in [4.69, 9.17) is 11.5 Å². The zero-order chi connectivity index (χ0) is 98.4. The number of unbranched alkanes of at least 4 members (excludes halogenated alkanes) is 1. The van der Waals surface area contributed by atoms with Gasteiger partial charge in [-0.15, -0.1) is 0 Å². The van der Waals surface area contributed by atoms with Gasteiger partial charge in [0.05, 0.1) is 32.7 Å². The van der Waals surface area contributed by atoms with Crippen LogP contribution in [0.25, 0.3) is 0 Å². The summed E-state index contributed by atoms with van der Waals surface area (Å²) in [5.41, 5.74) is 0.603. The number of carbonyl (C=O) groups excluding carboxylic acids is 14. The van der Waals surface area contributed by atoms with Crippen molar-refractivity contribution >= 4 is 88.4 Å². The number of nitrogens with one attached hydrogen (secondary N) is 13. The Morgan fingerprint density at radius 2 is 0.647 bits per heavy atom. The zero-order valence-electron chi connectivity index (χ0n) is 73.9. The SMILES string of the molecule is CC(=O)NCCN(CC(=O)NCCN(CC(=O)NCCN(CC(=O)Nc1ccccc1CN(C(=O)Cn1cc(C)c(=O)[nH]c1=O)[C@H](C)C(=O)NCCN(CC(=O)NCCN(CC(=O)N[C@@H](CCCCN)C(N)=O)C(=O)Cn1cc(C)c(=O)[nH]c1=O)C(=O)Cn1cc(C)c(=O)[nH]c1=O)C(=O)Cn1cc(C)c(=O)[nH]c1=O)C(=O)Cn1cc(C)c(=O)[nH]c1=O)C(=O)Cn1cc(C)c(=O)[nH]c1=O. The van der Waals surface area contributed by atoms with Crippen LogP contribution in [-0.2, 0) is 113 Å². The maximum absolute atomic E-state index is 14.8. The molecule has 0 unspecified atom stereocenters. The minimum absolute atomic E-state index is 0.00220. The standard InChI is InChI=1S/C80H105N27O26/c1-45-27-101(75(128)90-68(45)121)39-61(114)96(22-17-83-52(8)108)34-56(109)84-18-23-97(62(115)40-102-28-46(2)69(122)91-76(102)129)35-57(110)85-19-24-99(64(117)42-104-30-48(4)71(124)93-78(104)131)37-59(112)88-54-14-10-9-13-53(54)33-107(66(119)44-106-32-50(6)73(126)95-80(106)133)51(7)74(127)87-21-26-98(63(116)41-103-29-47(3)70(123)92-77(103)130)36-58(111)86-20-25-100(38-60(113)89-55(67(82)120)15-11-12-16-81)65(118)43-105-31-49(5)72(125)94-79(105)132/h9-10,13-14,27-32,51,55H,11-12,15-26,33-44,81H2,1-8H3,(H2,82,120)(H,83,108)(H,84,109)(H,85,110)(H,86,111)(H,87,127)(H,88,112)(H,89,113)(H,90,121,128)(H,91,122,129)(H,92,123,130)(H,93,124,131)(H,94,125,132)(H,95,126,133)/t51-,55+/m1/s1. The molecule has 133 heavy (non-hydrogen) atoms. The normalized spacial score (nSPS) is 11.4. The predicted molar refractivity (Wildman–Crippen MR) is 469 cm³/mol. The second kappa shape index (κ2) is 48.9. The highest BCUT2D eigenvalue weighted by Crippen LogP contribution is 2.20. The summed E-state index contributed by atoms with van der Waals surface area (Å²) in [5, 5.41) is 17.7. The minimum atomic E-state index is -1.60. The van der Waals surface area contributed by atoms with Crippen LogP contribution in [0.5, 0.6) is 0 Å². The van der Waals surface area contributed by atoms with Crippen LogP contribution in [0.2, 0.25) is 0 Å². The molecular weight excluding hydrogens is 1760 g/mol. The van der Waals surface area contributed by atoms with E-state index in [0.29, 0.717) is 12.8 Å². The number of primary amides is 1. The average molecular weight is 1860 g/mol. The number of amides is 14. The molecule has 53 nitrogen and oxygen atoms in total. The number of benzene rings is 1. The van der Waals surface area contributed by atoms with Gasteiger partial charge in [-0.05, 0) is 85.9 Å². The van der Waals surface area contributed by atoms with Gasteiger partial charge < -0.3 is 78.1 Å². The molecule has 17 N–H and O–H groups in total. The summed E-state index contributed by atoms with van der Waals surface area (Å²) in [4.78, 5) is 363. The van der Waals surface area contributed by atoms with Crippen molar-refractivity contribution < 1.29 is 67.1 Å². The molecule has 6 heterocycles. The molecule has 7 rings (SSSR count). The molecule has 2 atom stereocenters. The molecule has 0 radical (unpaired) electrons. The van der Waals surface area contributed by atoms with Gasteiger partial charge in [0.15, 0.2) is 0 Å². The molecule has 7 aromatic rings. The van der Waals surface area contributed by atoms with Crippen molar-refractivity contribution in [3.63, 3.8) is 0 Å². The summed E-state index contributed by atoms with van der Waals surface area (Å²) >= 11 is 0. The Morgan fingerprint density at radius 3 is 0.947 bits per heavy atom. The summed E-state index contributed by atoms with van der Waals surface area (Å²) in [5.74, 6) is -12.5. The number of anilines is 1. The third kappa shape index (κ3) is 31.6. The topological polar surface area (TPSA) is 724 Å². The Labute approximate surface area is 750 Å². The predicted octanol–water partition coefficient (Wildman–Crippen LogP) is -11.7. The van der Waals surface area contributed by atoms with Crippen LogP contribution >= 0.6 is 0 Å². The van der Waals surface area contributed by atoms with Gasteiger partial charge in [-0.3, -0.25) is 153 Å². The van der Waals surface area contributed by atoms with E-state index in [2.05, 4.69) is 67.1 Å². The van der Waals surface area contributed by atoms with E-state index in [0.717, 1.165) is 94.0 Å². The number of nitrogens with two attached hydrogens (primary N) is 2. The first-order valence-corrected chi connectivity index (χ1v) is 41.3. The van der Waals surface area contributed by atoms with Crippen LogP contribution in [0, 0.1) is 41.5 Å². The Bertz CT molecular complexity index is 6360. The number of nitrogens with zero attached hydrogens (tertiary/aromatic N) is 12. The van der Waals surface area contributed by atoms with Crippen molar-refractivity contribution in [3.8, 4) is 0 Å². The molecule has 0 aliphatic heterocycles. The molecule has 716 valence electrons. The summed E-state index contributed by atoms with van der Waals surface area (Å²) < 4.78 is 5.06. The second-order valence-corrected chi connectivity index (χ2v) is 30.8. The van der Waals surface area contributed by atoms with Crippen LogP contribution in [0.15, 0.2) is 119 Å². The van der Waals surface area contributed by atoms with E-state index in [-0.39, 0.29) is 70.7 Å². The molecule has 0 spiro atoms. The van der Waals surface area contributed by atoms with E-state index in [1.54, 1.807) is 0 Å². The van der Waals surface area contributed by atoms with Crippen LogP contribution in [-0.4, -0.2) is 286 Å². The Balaban J connectivity index is 1.11. The average Bonchev–Trinajstić information content (AvgIpc) is 0.819. The van der Waals surface area contributed by atoms with Gasteiger partial charge in [0.1, 0.15) is 51.4 Å². The van der Waals surface area contributed by atoms with E-state index >= 15 is 0 Å². The number of aryl methyl sites for hydroxylation is 6. The monoisotopic (exact) mass is 1860 g/mol. The molecular formula is C80H105N27O26. The first-order chi connectivity index (χ1) is 62.8. The highest BCUT2D eigenvalue weighted by molar-refractivity contribution is 5.96.